The third-order valence-electron chi connectivity index (χ3n) is 6.76. The molecule has 13 heteroatoms. The summed E-state index contributed by atoms with van der Waals surface area (Å²) in [6.45, 7) is 3.99. The summed E-state index contributed by atoms with van der Waals surface area (Å²) in [5.74, 6) is -0.867. The minimum absolute atomic E-state index is 0.169. The molecule has 0 saturated carbocycles. The van der Waals surface area contributed by atoms with E-state index in [2.05, 4.69) is 24.9 Å². The molecule has 13 nitrogen and oxygen atoms in total. The van der Waals surface area contributed by atoms with Crippen molar-refractivity contribution in [2.75, 3.05) is 6.61 Å². The number of benzene rings is 3. The number of rotatable bonds is 9. The molecule has 0 unspecified atom stereocenters. The zero-order chi connectivity index (χ0) is 29.2. The molecule has 2 N–H and O–H groups in total. The number of para-hydroxylation sites is 1. The molecule has 212 valence electrons. The predicted octanol–water partition coefficient (Wildman–Crippen LogP) is 3.99. The number of H-pyrrole nitrogens is 2. The fraction of sp³-hybridized carbons (Fsp3) is 0.172. The lowest BCUT2D eigenvalue weighted by molar-refractivity contribution is -0.718. The van der Waals surface area contributed by atoms with Crippen molar-refractivity contribution in [3.8, 4) is 28.5 Å². The van der Waals surface area contributed by atoms with E-state index in [-0.39, 0.29) is 12.3 Å². The lowest BCUT2D eigenvalue weighted by Crippen LogP contribution is -2.14. The highest BCUT2D eigenvalue weighted by atomic mass is 16.7. The van der Waals surface area contributed by atoms with Gasteiger partial charge in [-0.1, -0.05) is 69.5 Å². The van der Waals surface area contributed by atoms with Crippen molar-refractivity contribution in [3.63, 3.8) is 0 Å². The Balaban J connectivity index is 1.32. The molecule has 0 fully saturated rings. The lowest BCUT2D eigenvalue weighted by Gasteiger charge is -2.12. The lowest BCUT2D eigenvalue weighted by atomic mass is 9.98. The van der Waals surface area contributed by atoms with Crippen LogP contribution in [0.25, 0.3) is 33.5 Å². The first kappa shape index (κ1) is 26.5. The fourth-order valence-corrected chi connectivity index (χ4v) is 4.67. The van der Waals surface area contributed by atoms with E-state index in [0.717, 1.165) is 22.3 Å². The first-order valence-corrected chi connectivity index (χ1v) is 13.1. The molecule has 0 atom stereocenters. The average molecular weight is 570 g/mol. The van der Waals surface area contributed by atoms with Crippen LogP contribution >= 0.6 is 0 Å². The summed E-state index contributed by atoms with van der Waals surface area (Å²) in [5.41, 5.74) is 5.49. The van der Waals surface area contributed by atoms with Crippen LogP contribution in [-0.2, 0) is 17.9 Å². The van der Waals surface area contributed by atoms with Gasteiger partial charge in [0, 0.05) is 12.5 Å². The van der Waals surface area contributed by atoms with Gasteiger partial charge in [0.2, 0.25) is 11.4 Å². The van der Waals surface area contributed by atoms with Crippen molar-refractivity contribution >= 4 is 17.0 Å². The molecule has 0 saturated heterocycles. The highest BCUT2D eigenvalue weighted by molar-refractivity contribution is 6.02. The third kappa shape index (κ3) is 4.98. The molecule has 6 rings (SSSR count). The summed E-state index contributed by atoms with van der Waals surface area (Å²) in [6.07, 6.45) is 0. The number of esters is 1. The molecule has 0 radical (unpaired) electrons. The number of nitrogens with zero attached hydrogens (tertiary/aromatic N) is 4. The highest BCUT2D eigenvalue weighted by Crippen LogP contribution is 2.31. The highest BCUT2D eigenvalue weighted by Gasteiger charge is 2.23. The second-order valence-electron chi connectivity index (χ2n) is 9.36. The number of nitrogens with one attached hydrogen (secondary N) is 2. The molecule has 3 heterocycles. The molecule has 6 aromatic rings. The van der Waals surface area contributed by atoms with Gasteiger partial charge in [0.25, 0.3) is 6.01 Å². The molecular formula is C29H25N6O7+. The summed E-state index contributed by atoms with van der Waals surface area (Å²) in [4.78, 5) is 43.5. The van der Waals surface area contributed by atoms with Crippen LogP contribution in [0.4, 0.5) is 0 Å². The zero-order valence-corrected chi connectivity index (χ0v) is 22.6. The predicted molar refractivity (Wildman–Crippen MR) is 148 cm³/mol. The largest absolute Gasteiger partial charge is 0.465 e. The van der Waals surface area contributed by atoms with Crippen molar-refractivity contribution in [1.82, 2.24) is 24.8 Å². The maximum Gasteiger partial charge on any atom is 0.439 e. The molecule has 0 aliphatic carbocycles. The molecule has 42 heavy (non-hydrogen) atoms. The molecule has 3 aromatic carbocycles. The van der Waals surface area contributed by atoms with Crippen LogP contribution in [-0.4, -0.2) is 37.4 Å². The van der Waals surface area contributed by atoms with Gasteiger partial charge in [-0.3, -0.25) is 14.1 Å². The third-order valence-corrected chi connectivity index (χ3v) is 6.76. The van der Waals surface area contributed by atoms with E-state index in [1.54, 1.807) is 25.1 Å². The van der Waals surface area contributed by atoms with Gasteiger partial charge in [-0.15, -0.1) is 0 Å². The maximum atomic E-state index is 13.2. The van der Waals surface area contributed by atoms with E-state index in [9.17, 15) is 14.5 Å². The maximum absolute atomic E-state index is 13.2. The Bertz CT molecular complexity index is 2010. The topological polar surface area (TPSA) is 164 Å². The van der Waals surface area contributed by atoms with E-state index in [1.165, 1.54) is 0 Å². The van der Waals surface area contributed by atoms with Crippen LogP contribution in [0.3, 0.4) is 0 Å². The Morgan fingerprint density at radius 3 is 2.52 bits per heavy atom. The minimum Gasteiger partial charge on any atom is -0.465 e. The normalized spacial score (nSPS) is 11.2. The number of hydrogen-bond acceptors (Lipinski definition) is 9. The fourth-order valence-electron chi connectivity index (χ4n) is 4.67. The quantitative estimate of drug-likeness (QED) is 0.245. The van der Waals surface area contributed by atoms with Gasteiger partial charge in [-0.05, 0) is 40.7 Å². The van der Waals surface area contributed by atoms with Crippen molar-refractivity contribution in [2.45, 2.75) is 27.0 Å². The first-order valence-electron chi connectivity index (χ1n) is 13.1. The number of fused-ring (bicyclic) bond motifs is 1. The van der Waals surface area contributed by atoms with E-state index in [4.69, 9.17) is 14.0 Å². The number of hydrogen-bond donors (Lipinski definition) is 2. The number of carbonyl (C=O) groups excluding carboxylic acids is 1. The van der Waals surface area contributed by atoms with Gasteiger partial charge in [-0.2, -0.15) is 4.98 Å². The van der Waals surface area contributed by atoms with Crippen molar-refractivity contribution in [2.24, 2.45) is 0 Å². The number of carbonyl (C=O) groups is 1. The number of aromatic nitrogens is 6. The Hall–Kier alpha value is -5.72. The number of imidazole rings is 1. The number of ether oxygens (including phenoxy) is 2. The van der Waals surface area contributed by atoms with Crippen molar-refractivity contribution in [3.05, 3.63) is 105 Å². The standard InChI is InChI=1S/C29H24N6O7/c1-3-39-28-30-23-10-6-9-22(27(36)40-16-24-17(2)35(38)42-32-24)25(23)34(28)15-18-11-13-19(14-12-18)20-7-4-5-8-21(20)26-31-29(37)41-33-26/h4-14H,3,15-16H2,1-2H3,(H-,31,32,33,37,38)/p+1. The molecule has 3 aromatic heterocycles. The van der Waals surface area contributed by atoms with E-state index >= 15 is 0 Å². The van der Waals surface area contributed by atoms with Gasteiger partial charge in [0.15, 0.2) is 17.0 Å². The molecular weight excluding hydrogens is 544 g/mol. The molecule has 0 bridgehead atoms. The monoisotopic (exact) mass is 569 g/mol. The Morgan fingerprint density at radius 2 is 1.83 bits per heavy atom. The second-order valence-corrected chi connectivity index (χ2v) is 9.36. The van der Waals surface area contributed by atoms with Crippen LogP contribution in [0.1, 0.15) is 34.2 Å². The SMILES string of the molecule is CCOc1nc2cccc(C(=O)OCc3[nH]o[n+](=O)c3C)c2n1Cc1ccc(-c2ccccc2-c2noc(=O)[nH]2)cc1. The average Bonchev–Trinajstić information content (AvgIpc) is 3.69. The van der Waals surface area contributed by atoms with Crippen LogP contribution in [0, 0.1) is 11.8 Å². The second kappa shape index (κ2) is 11.0. The van der Waals surface area contributed by atoms with Crippen LogP contribution in [0.5, 0.6) is 6.01 Å². The molecule has 0 amide bonds. The summed E-state index contributed by atoms with van der Waals surface area (Å²) in [7, 11) is 0. The molecule has 0 aliphatic rings. The van der Waals surface area contributed by atoms with Crippen LogP contribution in [0.15, 0.2) is 80.7 Å². The van der Waals surface area contributed by atoms with E-state index in [0.29, 0.717) is 51.9 Å². The minimum atomic E-state index is -0.624. The molecule has 0 spiro atoms. The van der Waals surface area contributed by atoms with Gasteiger partial charge in [0.1, 0.15) is 0 Å². The summed E-state index contributed by atoms with van der Waals surface area (Å²) in [5, 5.41) is 6.28. The Kier molecular flexibility index (Phi) is 6.97. The van der Waals surface area contributed by atoms with E-state index in [1.807, 2.05) is 60.0 Å². The van der Waals surface area contributed by atoms with Crippen molar-refractivity contribution in [1.29, 1.82) is 0 Å². The van der Waals surface area contributed by atoms with E-state index < -0.39 is 11.7 Å². The van der Waals surface area contributed by atoms with Gasteiger partial charge < -0.3 is 9.47 Å². The number of aromatic amines is 2. The Morgan fingerprint density at radius 1 is 1.05 bits per heavy atom. The van der Waals surface area contributed by atoms with Gasteiger partial charge in [0.05, 0.1) is 29.7 Å². The zero-order valence-electron chi connectivity index (χ0n) is 22.6. The van der Waals surface area contributed by atoms with Gasteiger partial charge in [-0.25, -0.2) is 9.59 Å². The smallest absolute Gasteiger partial charge is 0.439 e. The summed E-state index contributed by atoms with van der Waals surface area (Å²) >= 11 is 0. The Labute approximate surface area is 236 Å². The summed E-state index contributed by atoms with van der Waals surface area (Å²) in [6, 6.07) is 21.0. The molecule has 0 aliphatic heterocycles. The van der Waals surface area contributed by atoms with Crippen LogP contribution in [0.2, 0.25) is 0 Å². The van der Waals surface area contributed by atoms with Crippen molar-refractivity contribution < 1.29 is 28.0 Å². The van der Waals surface area contributed by atoms with Crippen LogP contribution < -0.4 is 15.1 Å². The summed E-state index contributed by atoms with van der Waals surface area (Å²) < 4.78 is 22.9. The van der Waals surface area contributed by atoms with Gasteiger partial charge >= 0.3 is 11.7 Å². The first-order chi connectivity index (χ1) is 20.4.